The van der Waals surface area contributed by atoms with Gasteiger partial charge in [-0.25, -0.2) is 0 Å². The molecule has 0 spiro atoms. The maximum atomic E-state index is 12.3. The molecule has 3 fully saturated rings. The Morgan fingerprint density at radius 3 is 2.74 bits per heavy atom. The highest BCUT2D eigenvalue weighted by atomic mass is 16.2. The summed E-state index contributed by atoms with van der Waals surface area (Å²) in [5, 5.41) is 6.62. The molecule has 3 aliphatic rings. The number of carbonyl (C=O) groups excluding carboxylic acids is 1. The Morgan fingerprint density at radius 2 is 2.11 bits per heavy atom. The van der Waals surface area contributed by atoms with Crippen LogP contribution >= 0.6 is 0 Å². The van der Waals surface area contributed by atoms with Crippen LogP contribution in [-0.2, 0) is 4.79 Å². The van der Waals surface area contributed by atoms with Crippen LogP contribution in [0.4, 0.5) is 0 Å². The molecule has 4 heteroatoms. The number of nitrogens with one attached hydrogen (secondary N) is 2. The minimum atomic E-state index is 0.0197. The van der Waals surface area contributed by atoms with Crippen LogP contribution in [0.2, 0.25) is 0 Å². The van der Waals surface area contributed by atoms with Crippen LogP contribution in [0.1, 0.15) is 46.0 Å². The van der Waals surface area contributed by atoms with Crippen molar-refractivity contribution in [3.05, 3.63) is 0 Å². The summed E-state index contributed by atoms with van der Waals surface area (Å²) in [6, 6.07) is 1.21. The average molecular weight is 265 g/mol. The molecule has 2 heterocycles. The van der Waals surface area contributed by atoms with Gasteiger partial charge in [0, 0.05) is 25.2 Å². The molecular weight excluding hydrogens is 238 g/mol. The quantitative estimate of drug-likeness (QED) is 0.804. The first-order chi connectivity index (χ1) is 9.03. The largest absolute Gasteiger partial charge is 0.351 e. The maximum absolute atomic E-state index is 12.3. The van der Waals surface area contributed by atoms with Gasteiger partial charge in [-0.15, -0.1) is 0 Å². The van der Waals surface area contributed by atoms with E-state index in [9.17, 15) is 4.79 Å². The monoisotopic (exact) mass is 265 g/mol. The maximum Gasteiger partial charge on any atom is 0.237 e. The standard InChI is InChI=1S/C15H27N3O/c1-15(2)8-13(16-10-15)14(19)17-11-4-3-7-18(9-11)12-5-6-12/h11-13,16H,3-10H2,1-2H3,(H,17,19)/t11-,13?/m1/s1. The van der Waals surface area contributed by atoms with Gasteiger partial charge in [0.2, 0.25) is 5.91 Å². The van der Waals surface area contributed by atoms with E-state index in [1.807, 2.05) is 0 Å². The summed E-state index contributed by atoms with van der Waals surface area (Å²) in [5.74, 6) is 0.216. The van der Waals surface area contributed by atoms with E-state index >= 15 is 0 Å². The fourth-order valence-corrected chi connectivity index (χ4v) is 3.48. The van der Waals surface area contributed by atoms with E-state index in [-0.39, 0.29) is 17.4 Å². The van der Waals surface area contributed by atoms with Crippen molar-refractivity contribution in [3.63, 3.8) is 0 Å². The molecule has 1 aliphatic carbocycles. The van der Waals surface area contributed by atoms with E-state index in [2.05, 4.69) is 29.4 Å². The summed E-state index contributed by atoms with van der Waals surface area (Å²) in [7, 11) is 0. The van der Waals surface area contributed by atoms with Crippen molar-refractivity contribution >= 4 is 5.91 Å². The number of piperidine rings is 1. The minimum absolute atomic E-state index is 0.0197. The fraction of sp³-hybridized carbons (Fsp3) is 0.933. The van der Waals surface area contributed by atoms with Crippen LogP contribution < -0.4 is 10.6 Å². The Balaban J connectivity index is 1.49. The minimum Gasteiger partial charge on any atom is -0.351 e. The topological polar surface area (TPSA) is 44.4 Å². The predicted molar refractivity (Wildman–Crippen MR) is 75.9 cm³/mol. The molecule has 2 atom stereocenters. The molecule has 108 valence electrons. The highest BCUT2D eigenvalue weighted by molar-refractivity contribution is 5.82. The lowest BCUT2D eigenvalue weighted by Crippen LogP contribution is -2.52. The molecule has 1 amide bonds. The van der Waals surface area contributed by atoms with Gasteiger partial charge < -0.3 is 10.6 Å². The molecular formula is C15H27N3O. The van der Waals surface area contributed by atoms with E-state index in [0.717, 1.165) is 32.0 Å². The molecule has 4 nitrogen and oxygen atoms in total. The van der Waals surface area contributed by atoms with Crippen LogP contribution in [0.15, 0.2) is 0 Å². The van der Waals surface area contributed by atoms with Crippen molar-refractivity contribution in [1.29, 1.82) is 0 Å². The molecule has 1 saturated carbocycles. The molecule has 1 unspecified atom stereocenters. The molecule has 0 aromatic carbocycles. The lowest BCUT2D eigenvalue weighted by atomic mass is 9.90. The molecule has 0 radical (unpaired) electrons. The second kappa shape index (κ2) is 5.06. The van der Waals surface area contributed by atoms with E-state index in [1.165, 1.54) is 25.8 Å². The zero-order valence-electron chi connectivity index (χ0n) is 12.2. The Morgan fingerprint density at radius 1 is 1.32 bits per heavy atom. The van der Waals surface area contributed by atoms with Gasteiger partial charge in [-0.3, -0.25) is 9.69 Å². The predicted octanol–water partition coefficient (Wildman–Crippen LogP) is 1.12. The molecule has 19 heavy (non-hydrogen) atoms. The number of carbonyl (C=O) groups is 1. The summed E-state index contributed by atoms with van der Waals surface area (Å²) >= 11 is 0. The van der Waals surface area contributed by atoms with Gasteiger partial charge in [-0.05, 0) is 44.1 Å². The first-order valence-electron chi connectivity index (χ1n) is 7.81. The van der Waals surface area contributed by atoms with E-state index < -0.39 is 0 Å². The van der Waals surface area contributed by atoms with Crippen molar-refractivity contribution in [2.45, 2.75) is 64.1 Å². The molecule has 3 rings (SSSR count). The van der Waals surface area contributed by atoms with Crippen LogP contribution in [-0.4, -0.2) is 48.6 Å². The number of rotatable bonds is 3. The number of hydrogen-bond donors (Lipinski definition) is 2. The lowest BCUT2D eigenvalue weighted by Gasteiger charge is -2.33. The molecule has 2 N–H and O–H groups in total. The van der Waals surface area contributed by atoms with Gasteiger partial charge in [-0.2, -0.15) is 0 Å². The third-order valence-electron chi connectivity index (χ3n) is 4.76. The zero-order chi connectivity index (χ0) is 13.5. The van der Waals surface area contributed by atoms with E-state index in [4.69, 9.17) is 0 Å². The normalized spacial score (nSPS) is 35.3. The number of nitrogens with zero attached hydrogens (tertiary/aromatic N) is 1. The van der Waals surface area contributed by atoms with Gasteiger partial charge in [0.05, 0.1) is 6.04 Å². The zero-order valence-corrected chi connectivity index (χ0v) is 12.2. The Bertz CT molecular complexity index is 351. The summed E-state index contributed by atoms with van der Waals surface area (Å²) in [5.41, 5.74) is 0.259. The molecule has 2 aliphatic heterocycles. The Hall–Kier alpha value is -0.610. The lowest BCUT2D eigenvalue weighted by molar-refractivity contribution is -0.124. The highest BCUT2D eigenvalue weighted by Gasteiger charge is 2.37. The van der Waals surface area contributed by atoms with Crippen molar-refractivity contribution in [3.8, 4) is 0 Å². The molecule has 0 aromatic heterocycles. The van der Waals surface area contributed by atoms with Crippen molar-refractivity contribution < 1.29 is 4.79 Å². The third kappa shape index (κ3) is 3.29. The van der Waals surface area contributed by atoms with Gasteiger partial charge in [-0.1, -0.05) is 13.8 Å². The van der Waals surface area contributed by atoms with Gasteiger partial charge in [0.25, 0.3) is 0 Å². The second-order valence-electron chi connectivity index (χ2n) is 7.38. The van der Waals surface area contributed by atoms with Gasteiger partial charge >= 0.3 is 0 Å². The Kier molecular flexibility index (Phi) is 3.56. The number of likely N-dealkylation sites (tertiary alicyclic amines) is 1. The highest BCUT2D eigenvalue weighted by Crippen LogP contribution is 2.30. The number of amides is 1. The van der Waals surface area contributed by atoms with Gasteiger partial charge in [0.1, 0.15) is 0 Å². The van der Waals surface area contributed by atoms with E-state index in [1.54, 1.807) is 0 Å². The van der Waals surface area contributed by atoms with Crippen molar-refractivity contribution in [2.75, 3.05) is 19.6 Å². The van der Waals surface area contributed by atoms with Crippen molar-refractivity contribution in [1.82, 2.24) is 15.5 Å². The SMILES string of the molecule is CC1(C)CNC(C(=O)N[C@@H]2CCCN(C3CC3)C2)C1. The Labute approximate surface area is 116 Å². The van der Waals surface area contributed by atoms with E-state index in [0.29, 0.717) is 6.04 Å². The van der Waals surface area contributed by atoms with Crippen LogP contribution in [0.3, 0.4) is 0 Å². The molecule has 0 bridgehead atoms. The fourth-order valence-electron chi connectivity index (χ4n) is 3.48. The van der Waals surface area contributed by atoms with Gasteiger partial charge in [0.15, 0.2) is 0 Å². The van der Waals surface area contributed by atoms with Crippen LogP contribution in [0, 0.1) is 5.41 Å². The average Bonchev–Trinajstić information content (AvgIpc) is 3.14. The third-order valence-corrected chi connectivity index (χ3v) is 4.76. The smallest absolute Gasteiger partial charge is 0.237 e. The second-order valence-corrected chi connectivity index (χ2v) is 7.38. The summed E-state index contributed by atoms with van der Waals surface area (Å²) < 4.78 is 0. The first kappa shape index (κ1) is 13.4. The summed E-state index contributed by atoms with van der Waals surface area (Å²) in [6.07, 6.45) is 6.05. The molecule has 0 aromatic rings. The first-order valence-corrected chi connectivity index (χ1v) is 7.81. The molecule has 2 saturated heterocycles. The summed E-state index contributed by atoms with van der Waals surface area (Å²) in [6.45, 7) is 7.69. The van der Waals surface area contributed by atoms with Crippen molar-refractivity contribution in [2.24, 2.45) is 5.41 Å². The van der Waals surface area contributed by atoms with Crippen LogP contribution in [0.5, 0.6) is 0 Å². The number of hydrogen-bond acceptors (Lipinski definition) is 3. The van der Waals surface area contributed by atoms with Crippen LogP contribution in [0.25, 0.3) is 0 Å². The summed E-state index contributed by atoms with van der Waals surface area (Å²) in [4.78, 5) is 14.9.